The molecule has 3 heteroatoms. The van der Waals surface area contributed by atoms with Gasteiger partial charge in [-0.25, -0.2) is 0 Å². The molecule has 0 saturated carbocycles. The summed E-state index contributed by atoms with van der Waals surface area (Å²) in [6, 6.07) is 0. The lowest BCUT2D eigenvalue weighted by Crippen LogP contribution is -2.49. The van der Waals surface area contributed by atoms with Gasteiger partial charge in [0.25, 0.3) is 0 Å². The summed E-state index contributed by atoms with van der Waals surface area (Å²) in [5.74, 6) is 0. The quantitative estimate of drug-likeness (QED) is 0.731. The maximum Gasteiger partial charge on any atom is 0.125 e. The largest absolute Gasteiger partial charge is 0.311 e. The summed E-state index contributed by atoms with van der Waals surface area (Å²) >= 11 is 0. The van der Waals surface area contributed by atoms with Crippen molar-refractivity contribution in [2.24, 2.45) is 4.99 Å². The number of nitrogens with zero attached hydrogens (tertiary/aromatic N) is 2. The van der Waals surface area contributed by atoms with Crippen LogP contribution in [0, 0.1) is 0 Å². The Kier molecular flexibility index (Phi) is 3.09. The van der Waals surface area contributed by atoms with Crippen LogP contribution in [0.25, 0.3) is 0 Å². The van der Waals surface area contributed by atoms with E-state index in [2.05, 4.69) is 18.8 Å². The molecule has 0 aromatic carbocycles. The fraction of sp³-hybridized carbons (Fsp3) is 0.900. The molecular formula is C10H20N2O. The molecule has 0 bridgehead atoms. The summed E-state index contributed by atoms with van der Waals surface area (Å²) in [4.78, 5) is 4.48. The van der Waals surface area contributed by atoms with Gasteiger partial charge < -0.3 is 5.21 Å². The van der Waals surface area contributed by atoms with Crippen LogP contribution < -0.4 is 0 Å². The zero-order valence-corrected chi connectivity index (χ0v) is 9.04. The van der Waals surface area contributed by atoms with Gasteiger partial charge in [0.05, 0.1) is 5.54 Å². The van der Waals surface area contributed by atoms with Crippen molar-refractivity contribution in [1.29, 1.82) is 0 Å². The molecule has 1 aliphatic rings. The van der Waals surface area contributed by atoms with E-state index < -0.39 is 0 Å². The van der Waals surface area contributed by atoms with Crippen LogP contribution >= 0.6 is 0 Å². The predicted octanol–water partition coefficient (Wildman–Crippen LogP) is 2.45. The molecule has 0 radical (unpaired) electrons. The first-order valence-electron chi connectivity index (χ1n) is 5.15. The highest BCUT2D eigenvalue weighted by atomic mass is 16.5. The van der Waals surface area contributed by atoms with E-state index >= 15 is 0 Å². The molecule has 0 aliphatic carbocycles. The Labute approximate surface area is 80.4 Å². The third-order valence-electron chi connectivity index (χ3n) is 3.27. The third kappa shape index (κ3) is 1.40. The van der Waals surface area contributed by atoms with Gasteiger partial charge in [0, 0.05) is 5.71 Å². The van der Waals surface area contributed by atoms with Crippen molar-refractivity contribution in [3.63, 3.8) is 0 Å². The SMILES string of the molecule is CCC1N=C(C)C(CC)(CC)N1O. The molecule has 1 heterocycles. The molecule has 0 amide bonds. The summed E-state index contributed by atoms with van der Waals surface area (Å²) in [6.45, 7) is 8.27. The minimum absolute atomic E-state index is 0.0279. The second-order valence-electron chi connectivity index (χ2n) is 3.69. The lowest BCUT2D eigenvalue weighted by atomic mass is 9.88. The first-order chi connectivity index (χ1) is 6.12. The van der Waals surface area contributed by atoms with Crippen molar-refractivity contribution in [3.05, 3.63) is 0 Å². The Bertz CT molecular complexity index is 209. The number of hydroxylamine groups is 2. The Hall–Kier alpha value is -0.410. The maximum absolute atomic E-state index is 9.99. The highest BCUT2D eigenvalue weighted by molar-refractivity contribution is 5.92. The van der Waals surface area contributed by atoms with E-state index in [1.807, 2.05) is 13.8 Å². The molecule has 0 spiro atoms. The van der Waals surface area contributed by atoms with Crippen LogP contribution in [0.4, 0.5) is 0 Å². The van der Waals surface area contributed by atoms with Crippen LogP contribution in [0.5, 0.6) is 0 Å². The minimum atomic E-state index is -0.194. The standard InChI is InChI=1S/C10H20N2O/c1-5-9-11-8(4)10(6-2,7-3)12(9)13/h9,13H,5-7H2,1-4H3. The molecule has 76 valence electrons. The van der Waals surface area contributed by atoms with Crippen molar-refractivity contribution in [3.8, 4) is 0 Å². The molecule has 0 fully saturated rings. The minimum Gasteiger partial charge on any atom is -0.311 e. The van der Waals surface area contributed by atoms with Crippen LogP contribution in [0.15, 0.2) is 4.99 Å². The van der Waals surface area contributed by atoms with Gasteiger partial charge in [0.2, 0.25) is 0 Å². The lowest BCUT2D eigenvalue weighted by molar-refractivity contribution is -0.170. The Morgan fingerprint density at radius 2 is 1.92 bits per heavy atom. The van der Waals surface area contributed by atoms with Gasteiger partial charge in [0.1, 0.15) is 6.17 Å². The maximum atomic E-state index is 9.99. The first-order valence-corrected chi connectivity index (χ1v) is 5.15. The average molecular weight is 184 g/mol. The molecule has 1 aliphatic heterocycles. The van der Waals surface area contributed by atoms with Crippen molar-refractivity contribution >= 4 is 5.71 Å². The van der Waals surface area contributed by atoms with Gasteiger partial charge >= 0.3 is 0 Å². The number of aliphatic imine (C=N–C) groups is 1. The van der Waals surface area contributed by atoms with Crippen LogP contribution in [0.3, 0.4) is 0 Å². The zero-order chi connectivity index (χ0) is 10.1. The van der Waals surface area contributed by atoms with E-state index in [0.717, 1.165) is 25.0 Å². The molecule has 1 N–H and O–H groups in total. The first kappa shape index (κ1) is 10.7. The smallest absolute Gasteiger partial charge is 0.125 e. The summed E-state index contributed by atoms with van der Waals surface area (Å²) in [6.07, 6.45) is 2.69. The summed E-state index contributed by atoms with van der Waals surface area (Å²) in [7, 11) is 0. The predicted molar refractivity (Wildman–Crippen MR) is 54.1 cm³/mol. The zero-order valence-electron chi connectivity index (χ0n) is 9.04. The molecule has 0 aromatic rings. The highest BCUT2D eigenvalue weighted by Gasteiger charge is 2.44. The molecule has 13 heavy (non-hydrogen) atoms. The van der Waals surface area contributed by atoms with Gasteiger partial charge in [-0.05, 0) is 26.2 Å². The van der Waals surface area contributed by atoms with E-state index in [9.17, 15) is 5.21 Å². The molecule has 1 rings (SSSR count). The van der Waals surface area contributed by atoms with Gasteiger partial charge in [0.15, 0.2) is 0 Å². The topological polar surface area (TPSA) is 35.8 Å². The van der Waals surface area contributed by atoms with E-state index in [1.54, 1.807) is 0 Å². The van der Waals surface area contributed by atoms with Crippen LogP contribution in [-0.4, -0.2) is 27.7 Å². The summed E-state index contributed by atoms with van der Waals surface area (Å²) in [5, 5.41) is 11.4. The molecule has 0 saturated heterocycles. The Morgan fingerprint density at radius 1 is 1.38 bits per heavy atom. The number of hydrogen-bond donors (Lipinski definition) is 1. The van der Waals surface area contributed by atoms with Crippen molar-refractivity contribution in [2.75, 3.05) is 0 Å². The Morgan fingerprint density at radius 3 is 2.15 bits per heavy atom. The Balaban J connectivity index is 2.94. The molecule has 1 atom stereocenters. The highest BCUT2D eigenvalue weighted by Crippen LogP contribution is 2.33. The molecule has 1 unspecified atom stereocenters. The van der Waals surface area contributed by atoms with Crippen molar-refractivity contribution in [1.82, 2.24) is 5.06 Å². The van der Waals surface area contributed by atoms with Crippen LogP contribution in [0.2, 0.25) is 0 Å². The van der Waals surface area contributed by atoms with Crippen molar-refractivity contribution < 1.29 is 5.21 Å². The number of hydrogen-bond acceptors (Lipinski definition) is 3. The van der Waals surface area contributed by atoms with E-state index in [1.165, 1.54) is 5.06 Å². The summed E-state index contributed by atoms with van der Waals surface area (Å²) < 4.78 is 0. The van der Waals surface area contributed by atoms with Gasteiger partial charge in [-0.3, -0.25) is 4.99 Å². The van der Waals surface area contributed by atoms with Crippen molar-refractivity contribution in [2.45, 2.75) is 58.7 Å². The second kappa shape index (κ2) is 3.76. The van der Waals surface area contributed by atoms with Gasteiger partial charge in [-0.15, -0.1) is 0 Å². The second-order valence-corrected chi connectivity index (χ2v) is 3.69. The normalized spacial score (nSPS) is 27.8. The van der Waals surface area contributed by atoms with Gasteiger partial charge in [-0.2, -0.15) is 5.06 Å². The third-order valence-corrected chi connectivity index (χ3v) is 3.27. The van der Waals surface area contributed by atoms with E-state index in [-0.39, 0.29) is 11.7 Å². The molecule has 0 aromatic heterocycles. The summed E-state index contributed by atoms with van der Waals surface area (Å²) in [5.41, 5.74) is 0.882. The van der Waals surface area contributed by atoms with Gasteiger partial charge in [-0.1, -0.05) is 20.8 Å². The lowest BCUT2D eigenvalue weighted by Gasteiger charge is -2.34. The molecular weight excluding hydrogens is 164 g/mol. The van der Waals surface area contributed by atoms with Crippen LogP contribution in [-0.2, 0) is 0 Å². The van der Waals surface area contributed by atoms with Crippen LogP contribution in [0.1, 0.15) is 47.0 Å². The number of rotatable bonds is 3. The fourth-order valence-electron chi connectivity index (χ4n) is 2.20. The molecule has 3 nitrogen and oxygen atoms in total. The average Bonchev–Trinajstić information content (AvgIpc) is 2.39. The monoisotopic (exact) mass is 184 g/mol. The van der Waals surface area contributed by atoms with E-state index in [4.69, 9.17) is 0 Å². The fourth-order valence-corrected chi connectivity index (χ4v) is 2.20. The van der Waals surface area contributed by atoms with E-state index in [0.29, 0.717) is 0 Å².